The minimum atomic E-state index is 0.373. The van der Waals surface area contributed by atoms with Crippen molar-refractivity contribution in [2.45, 2.75) is 32.7 Å². The van der Waals surface area contributed by atoms with Gasteiger partial charge in [-0.3, -0.25) is 0 Å². The maximum atomic E-state index is 9.68. The van der Waals surface area contributed by atoms with E-state index in [1.165, 1.54) is 18.4 Å². The summed E-state index contributed by atoms with van der Waals surface area (Å²) in [5.41, 5.74) is 2.14. The highest BCUT2D eigenvalue weighted by Gasteiger charge is 2.20. The summed E-state index contributed by atoms with van der Waals surface area (Å²) in [5.74, 6) is 1.22. The molecular formula is C15H23NO2. The van der Waals surface area contributed by atoms with Gasteiger partial charge in [-0.25, -0.2) is 0 Å². The van der Waals surface area contributed by atoms with Gasteiger partial charge in [0.2, 0.25) is 0 Å². The summed E-state index contributed by atoms with van der Waals surface area (Å²) in [4.78, 5) is 0. The molecule has 18 heavy (non-hydrogen) atoms. The Bertz CT molecular complexity index is 375. The van der Waals surface area contributed by atoms with Crippen molar-refractivity contribution in [1.82, 2.24) is 5.32 Å². The Labute approximate surface area is 109 Å². The zero-order chi connectivity index (χ0) is 12.8. The summed E-state index contributed by atoms with van der Waals surface area (Å²) >= 11 is 0. The first-order valence-corrected chi connectivity index (χ1v) is 6.82. The third kappa shape index (κ3) is 4.67. The number of aryl methyl sites for hydroxylation is 1. The lowest BCUT2D eigenvalue weighted by Crippen LogP contribution is -2.16. The lowest BCUT2D eigenvalue weighted by Gasteiger charge is -2.08. The van der Waals surface area contributed by atoms with Crippen LogP contribution in [0.25, 0.3) is 0 Å². The molecule has 1 aromatic rings. The summed E-state index contributed by atoms with van der Waals surface area (Å²) in [5, 5.41) is 13.0. The van der Waals surface area contributed by atoms with Crippen LogP contribution in [0.3, 0.4) is 0 Å². The topological polar surface area (TPSA) is 41.5 Å². The number of hydrogen-bond donors (Lipinski definition) is 2. The Morgan fingerprint density at radius 2 is 2.22 bits per heavy atom. The first kappa shape index (κ1) is 13.4. The second-order valence-electron chi connectivity index (χ2n) is 5.18. The highest BCUT2D eigenvalue weighted by molar-refractivity contribution is 5.35. The van der Waals surface area contributed by atoms with E-state index in [0.29, 0.717) is 5.75 Å². The van der Waals surface area contributed by atoms with Crippen LogP contribution in [0.1, 0.15) is 30.4 Å². The molecule has 1 aliphatic rings. The van der Waals surface area contributed by atoms with Gasteiger partial charge in [-0.05, 0) is 44.7 Å². The fraction of sp³-hybridized carbons (Fsp3) is 0.600. The first-order chi connectivity index (χ1) is 8.75. The molecule has 0 unspecified atom stereocenters. The van der Waals surface area contributed by atoms with Crippen LogP contribution < -0.4 is 5.32 Å². The molecule has 0 saturated heterocycles. The Balaban J connectivity index is 1.55. The van der Waals surface area contributed by atoms with E-state index < -0.39 is 0 Å². The highest BCUT2D eigenvalue weighted by atomic mass is 16.5. The van der Waals surface area contributed by atoms with Gasteiger partial charge in [0.25, 0.3) is 0 Å². The summed E-state index contributed by atoms with van der Waals surface area (Å²) in [7, 11) is 0. The monoisotopic (exact) mass is 249 g/mol. The fourth-order valence-corrected chi connectivity index (χ4v) is 1.91. The lowest BCUT2D eigenvalue weighted by molar-refractivity contribution is 0.122. The second-order valence-corrected chi connectivity index (χ2v) is 5.18. The smallest absolute Gasteiger partial charge is 0.120 e. The predicted molar refractivity (Wildman–Crippen MR) is 72.7 cm³/mol. The van der Waals surface area contributed by atoms with Crippen molar-refractivity contribution in [2.75, 3.05) is 19.8 Å². The maximum Gasteiger partial charge on any atom is 0.120 e. The van der Waals surface area contributed by atoms with E-state index in [0.717, 1.165) is 44.2 Å². The van der Waals surface area contributed by atoms with Crippen LogP contribution >= 0.6 is 0 Å². The van der Waals surface area contributed by atoms with Crippen molar-refractivity contribution in [2.24, 2.45) is 5.92 Å². The van der Waals surface area contributed by atoms with E-state index in [4.69, 9.17) is 4.74 Å². The minimum Gasteiger partial charge on any atom is -0.508 e. The number of benzene rings is 1. The molecule has 1 fully saturated rings. The van der Waals surface area contributed by atoms with Crippen LogP contribution in [0.2, 0.25) is 0 Å². The fourth-order valence-electron chi connectivity index (χ4n) is 1.91. The Hall–Kier alpha value is -1.06. The van der Waals surface area contributed by atoms with Crippen molar-refractivity contribution in [3.63, 3.8) is 0 Å². The largest absolute Gasteiger partial charge is 0.508 e. The number of phenolic OH excluding ortho intramolecular Hbond substituents is 1. The molecule has 0 spiro atoms. The molecule has 1 aromatic carbocycles. The summed E-state index contributed by atoms with van der Waals surface area (Å²) < 4.78 is 5.56. The van der Waals surface area contributed by atoms with Crippen molar-refractivity contribution in [3.8, 4) is 5.75 Å². The molecule has 3 nitrogen and oxygen atoms in total. The SMILES string of the molecule is Cc1ccc(O)c(CNCCCOCC2CC2)c1. The number of hydrogen-bond acceptors (Lipinski definition) is 3. The standard InChI is InChI=1S/C15H23NO2/c1-12-3-6-15(17)14(9-12)10-16-7-2-8-18-11-13-4-5-13/h3,6,9,13,16-17H,2,4-5,7-8,10-11H2,1H3. The number of ether oxygens (including phenoxy) is 1. The molecule has 2 N–H and O–H groups in total. The average molecular weight is 249 g/mol. The van der Waals surface area contributed by atoms with Gasteiger partial charge in [0.15, 0.2) is 0 Å². The molecule has 0 heterocycles. The molecule has 2 rings (SSSR count). The van der Waals surface area contributed by atoms with Gasteiger partial charge in [-0.15, -0.1) is 0 Å². The summed E-state index contributed by atoms with van der Waals surface area (Å²) in [6, 6.07) is 5.70. The third-order valence-electron chi connectivity index (χ3n) is 3.24. The molecule has 1 saturated carbocycles. The van der Waals surface area contributed by atoms with Crippen LogP contribution in [0.15, 0.2) is 18.2 Å². The van der Waals surface area contributed by atoms with Crippen molar-refractivity contribution >= 4 is 0 Å². The lowest BCUT2D eigenvalue weighted by atomic mass is 10.1. The molecule has 0 amide bonds. The van der Waals surface area contributed by atoms with E-state index in [9.17, 15) is 5.11 Å². The second kappa shape index (κ2) is 6.76. The molecule has 100 valence electrons. The maximum absolute atomic E-state index is 9.68. The minimum absolute atomic E-state index is 0.373. The molecule has 0 aromatic heterocycles. The van der Waals surface area contributed by atoms with Gasteiger partial charge < -0.3 is 15.2 Å². The van der Waals surface area contributed by atoms with Gasteiger partial charge in [0.05, 0.1) is 0 Å². The van der Waals surface area contributed by atoms with E-state index in [1.807, 2.05) is 19.1 Å². The van der Waals surface area contributed by atoms with Gasteiger partial charge in [0, 0.05) is 25.3 Å². The zero-order valence-electron chi connectivity index (χ0n) is 11.1. The highest BCUT2D eigenvalue weighted by Crippen LogP contribution is 2.28. The van der Waals surface area contributed by atoms with E-state index >= 15 is 0 Å². The first-order valence-electron chi connectivity index (χ1n) is 6.82. The van der Waals surface area contributed by atoms with Crippen LogP contribution in [0, 0.1) is 12.8 Å². The van der Waals surface area contributed by atoms with E-state index in [-0.39, 0.29) is 0 Å². The predicted octanol–water partition coefficient (Wildman–Crippen LogP) is 2.61. The van der Waals surface area contributed by atoms with Crippen molar-refractivity contribution in [3.05, 3.63) is 29.3 Å². The molecule has 0 bridgehead atoms. The molecule has 0 atom stereocenters. The number of phenols is 1. The van der Waals surface area contributed by atoms with E-state index in [2.05, 4.69) is 5.32 Å². The number of aromatic hydroxyl groups is 1. The van der Waals surface area contributed by atoms with Crippen LogP contribution in [0.5, 0.6) is 5.75 Å². The van der Waals surface area contributed by atoms with Crippen LogP contribution in [-0.2, 0) is 11.3 Å². The number of nitrogens with one attached hydrogen (secondary N) is 1. The summed E-state index contributed by atoms with van der Waals surface area (Å²) in [6.07, 6.45) is 3.73. The van der Waals surface area contributed by atoms with Gasteiger partial charge in [-0.1, -0.05) is 17.7 Å². The van der Waals surface area contributed by atoms with Crippen molar-refractivity contribution in [1.29, 1.82) is 0 Å². The van der Waals surface area contributed by atoms with Crippen LogP contribution in [-0.4, -0.2) is 24.9 Å². The Kier molecular flexibility index (Phi) is 5.02. The van der Waals surface area contributed by atoms with Crippen LogP contribution in [0.4, 0.5) is 0 Å². The number of rotatable bonds is 8. The van der Waals surface area contributed by atoms with Crippen molar-refractivity contribution < 1.29 is 9.84 Å². The normalized spacial score (nSPS) is 14.9. The van der Waals surface area contributed by atoms with E-state index in [1.54, 1.807) is 6.07 Å². The van der Waals surface area contributed by atoms with Gasteiger partial charge in [0.1, 0.15) is 5.75 Å². The Morgan fingerprint density at radius 1 is 1.39 bits per heavy atom. The molecule has 0 radical (unpaired) electrons. The van der Waals surface area contributed by atoms with Gasteiger partial charge in [-0.2, -0.15) is 0 Å². The molecule has 3 heteroatoms. The average Bonchev–Trinajstić information content (AvgIpc) is 3.16. The quantitative estimate of drug-likeness (QED) is 0.696. The Morgan fingerprint density at radius 3 is 3.00 bits per heavy atom. The molecule has 1 aliphatic carbocycles. The third-order valence-corrected chi connectivity index (χ3v) is 3.24. The zero-order valence-corrected chi connectivity index (χ0v) is 11.1. The van der Waals surface area contributed by atoms with Gasteiger partial charge >= 0.3 is 0 Å². The summed E-state index contributed by atoms with van der Waals surface area (Å²) in [6.45, 7) is 5.46. The molecular weight excluding hydrogens is 226 g/mol. The molecule has 0 aliphatic heterocycles.